The molecule has 0 aliphatic rings. The molecule has 2 atom stereocenters. The molecule has 366 valence electrons. The normalized spacial score (nSPS) is 12.8. The van der Waals surface area contributed by atoms with Gasteiger partial charge in [0.25, 0.3) is 0 Å². The molecule has 2 unspecified atom stereocenters. The zero-order valence-corrected chi connectivity index (χ0v) is 41.6. The van der Waals surface area contributed by atoms with Crippen LogP contribution in [0.3, 0.4) is 0 Å². The van der Waals surface area contributed by atoms with Crippen LogP contribution in [0, 0.1) is 0 Å². The molecule has 0 aromatic rings. The van der Waals surface area contributed by atoms with Crippen molar-refractivity contribution in [3.05, 3.63) is 24.3 Å². The minimum absolute atomic E-state index is 0.000155. The maximum Gasteiger partial charge on any atom is 0.305 e. The van der Waals surface area contributed by atoms with Crippen LogP contribution in [-0.2, 0) is 14.3 Å². The highest BCUT2D eigenvalue weighted by Gasteiger charge is 2.18. The molecule has 6 heteroatoms. The Balaban J connectivity index is 3.40. The molecule has 0 aromatic heterocycles. The van der Waals surface area contributed by atoms with E-state index in [1.165, 1.54) is 225 Å². The molecule has 0 saturated carbocycles. The number of aliphatic hydroxyl groups is 2. The van der Waals surface area contributed by atoms with Crippen molar-refractivity contribution in [2.24, 2.45) is 0 Å². The Labute approximate surface area is 386 Å². The third kappa shape index (κ3) is 47.8. The summed E-state index contributed by atoms with van der Waals surface area (Å²) in [4.78, 5) is 24.4. The van der Waals surface area contributed by atoms with E-state index in [2.05, 4.69) is 31.3 Å². The number of aliphatic hydroxyl groups excluding tert-OH is 2. The van der Waals surface area contributed by atoms with Crippen molar-refractivity contribution in [2.75, 3.05) is 13.2 Å². The zero-order chi connectivity index (χ0) is 45.1. The van der Waals surface area contributed by atoms with Gasteiger partial charge in [-0.05, 0) is 57.8 Å². The molecule has 3 N–H and O–H groups in total. The maximum absolute atomic E-state index is 12.4. The number of rotatable bonds is 51. The lowest BCUT2D eigenvalue weighted by atomic mass is 10.0. The molecule has 0 heterocycles. The molecule has 0 aliphatic heterocycles. The number of hydrogen-bond acceptors (Lipinski definition) is 5. The first kappa shape index (κ1) is 60.3. The molecule has 0 aromatic carbocycles. The molecule has 1 amide bonds. The molecular weight excluding hydrogens is 767 g/mol. The van der Waals surface area contributed by atoms with Crippen LogP contribution in [0.4, 0.5) is 0 Å². The lowest BCUT2D eigenvalue weighted by Crippen LogP contribution is -2.45. The van der Waals surface area contributed by atoms with Crippen LogP contribution in [0.25, 0.3) is 0 Å². The summed E-state index contributed by atoms with van der Waals surface area (Å²) >= 11 is 0. The number of nitrogens with one attached hydrogen (secondary N) is 1. The van der Waals surface area contributed by atoms with Crippen LogP contribution in [-0.4, -0.2) is 47.4 Å². The zero-order valence-electron chi connectivity index (χ0n) is 41.6. The predicted octanol–water partition coefficient (Wildman–Crippen LogP) is 16.7. The van der Waals surface area contributed by atoms with Gasteiger partial charge in [-0.3, -0.25) is 9.59 Å². The molecule has 0 radical (unpaired) electrons. The summed E-state index contributed by atoms with van der Waals surface area (Å²) in [7, 11) is 0. The van der Waals surface area contributed by atoms with Gasteiger partial charge in [0, 0.05) is 12.8 Å². The van der Waals surface area contributed by atoms with Gasteiger partial charge in [0.15, 0.2) is 0 Å². The van der Waals surface area contributed by atoms with E-state index in [4.69, 9.17) is 4.74 Å². The molecular formula is C56H107NO5. The van der Waals surface area contributed by atoms with Gasteiger partial charge >= 0.3 is 5.97 Å². The number of carbonyl (C=O) groups is 2. The second-order valence-electron chi connectivity index (χ2n) is 18.9. The standard InChI is InChI=1S/C56H107NO5/c1-3-5-7-9-11-13-15-16-22-26-30-34-38-42-46-50-56(61)62-51-47-43-39-35-31-27-24-21-19-17-18-20-23-25-29-33-37-41-45-49-55(60)57-53(52-58)54(59)48-44-40-36-32-28-14-12-10-8-6-4-2/h16,22,44,48,53-54,58-59H,3-15,17-21,23-43,45-47,49-52H2,1-2H3,(H,57,60)/b22-16-,48-44+. The Hall–Kier alpha value is -1.66. The highest BCUT2D eigenvalue weighted by molar-refractivity contribution is 5.76. The van der Waals surface area contributed by atoms with Crippen molar-refractivity contribution in [1.82, 2.24) is 5.32 Å². The minimum Gasteiger partial charge on any atom is -0.466 e. The summed E-state index contributed by atoms with van der Waals surface area (Å²) in [6, 6.07) is -0.628. The van der Waals surface area contributed by atoms with E-state index in [1.807, 2.05) is 6.08 Å². The number of hydrogen-bond donors (Lipinski definition) is 3. The Bertz CT molecular complexity index is 966. The van der Waals surface area contributed by atoms with Crippen molar-refractivity contribution in [3.63, 3.8) is 0 Å². The summed E-state index contributed by atoms with van der Waals surface area (Å²) < 4.78 is 5.47. The summed E-state index contributed by atoms with van der Waals surface area (Å²) in [5.41, 5.74) is 0. The molecule has 0 aliphatic carbocycles. The average Bonchev–Trinajstić information content (AvgIpc) is 3.27. The fourth-order valence-corrected chi connectivity index (χ4v) is 8.45. The molecule has 0 saturated heterocycles. The van der Waals surface area contributed by atoms with Crippen LogP contribution in [0.15, 0.2) is 24.3 Å². The molecule has 0 rings (SSSR count). The largest absolute Gasteiger partial charge is 0.466 e. The predicted molar refractivity (Wildman–Crippen MR) is 269 cm³/mol. The smallest absolute Gasteiger partial charge is 0.305 e. The Morgan fingerprint density at radius 3 is 1.15 bits per heavy atom. The van der Waals surface area contributed by atoms with Crippen LogP contribution < -0.4 is 5.32 Å². The second-order valence-corrected chi connectivity index (χ2v) is 18.9. The quantitative estimate of drug-likeness (QED) is 0.0321. The first-order chi connectivity index (χ1) is 30.5. The minimum atomic E-state index is -0.844. The van der Waals surface area contributed by atoms with Gasteiger partial charge in [-0.2, -0.15) is 0 Å². The first-order valence-corrected chi connectivity index (χ1v) is 27.6. The topological polar surface area (TPSA) is 95.9 Å². The van der Waals surface area contributed by atoms with Gasteiger partial charge in [-0.15, -0.1) is 0 Å². The van der Waals surface area contributed by atoms with Gasteiger partial charge in [0.2, 0.25) is 5.91 Å². The summed E-state index contributed by atoms with van der Waals surface area (Å²) in [5, 5.41) is 23.0. The Kier molecular flexibility index (Phi) is 50.6. The molecule has 0 spiro atoms. The second kappa shape index (κ2) is 52.0. The molecule has 6 nitrogen and oxygen atoms in total. The van der Waals surface area contributed by atoms with E-state index in [9.17, 15) is 19.8 Å². The van der Waals surface area contributed by atoms with Crippen molar-refractivity contribution in [3.8, 4) is 0 Å². The van der Waals surface area contributed by atoms with Crippen LogP contribution in [0.2, 0.25) is 0 Å². The van der Waals surface area contributed by atoms with Gasteiger partial charge in [0.1, 0.15) is 0 Å². The van der Waals surface area contributed by atoms with Crippen LogP contribution in [0.5, 0.6) is 0 Å². The van der Waals surface area contributed by atoms with Crippen LogP contribution >= 0.6 is 0 Å². The number of esters is 1. The highest BCUT2D eigenvalue weighted by atomic mass is 16.5. The highest BCUT2D eigenvalue weighted by Crippen LogP contribution is 2.16. The van der Waals surface area contributed by atoms with Crippen molar-refractivity contribution < 1.29 is 24.5 Å². The third-order valence-electron chi connectivity index (χ3n) is 12.7. The van der Waals surface area contributed by atoms with Crippen LogP contribution in [0.1, 0.15) is 296 Å². The number of unbranched alkanes of at least 4 members (excludes halogenated alkanes) is 38. The van der Waals surface area contributed by atoms with Gasteiger partial charge in [-0.1, -0.05) is 250 Å². The van der Waals surface area contributed by atoms with E-state index in [0.29, 0.717) is 19.4 Å². The van der Waals surface area contributed by atoms with Crippen molar-refractivity contribution in [1.29, 1.82) is 0 Å². The van der Waals surface area contributed by atoms with Gasteiger partial charge in [0.05, 0.1) is 25.4 Å². The number of carbonyl (C=O) groups excluding carboxylic acids is 2. The number of ether oxygens (including phenoxy) is 1. The van der Waals surface area contributed by atoms with E-state index in [1.54, 1.807) is 6.08 Å². The summed E-state index contributed by atoms with van der Waals surface area (Å²) in [5.74, 6) is -0.0719. The van der Waals surface area contributed by atoms with Crippen molar-refractivity contribution >= 4 is 11.9 Å². The lowest BCUT2D eigenvalue weighted by Gasteiger charge is -2.20. The van der Waals surface area contributed by atoms with E-state index >= 15 is 0 Å². The lowest BCUT2D eigenvalue weighted by molar-refractivity contribution is -0.143. The monoisotopic (exact) mass is 874 g/mol. The number of allylic oxidation sites excluding steroid dienone is 3. The van der Waals surface area contributed by atoms with Gasteiger partial charge in [-0.25, -0.2) is 0 Å². The van der Waals surface area contributed by atoms with E-state index in [0.717, 1.165) is 44.9 Å². The van der Waals surface area contributed by atoms with Gasteiger partial charge < -0.3 is 20.3 Å². The SMILES string of the molecule is CCCCCCCC/C=C\CCCCCCCC(=O)OCCCCCCCCCCCCCCCCCCCCCC(=O)NC(CO)C(O)/C=C/CCCCCCCCCCC. The number of amides is 1. The molecule has 62 heavy (non-hydrogen) atoms. The fraction of sp³-hybridized carbons (Fsp3) is 0.893. The average molecular weight is 874 g/mol. The fourth-order valence-electron chi connectivity index (χ4n) is 8.45. The molecule has 0 fully saturated rings. The Morgan fingerprint density at radius 2 is 0.758 bits per heavy atom. The Morgan fingerprint density at radius 1 is 0.435 bits per heavy atom. The maximum atomic E-state index is 12.4. The molecule has 0 bridgehead atoms. The van der Waals surface area contributed by atoms with E-state index in [-0.39, 0.29) is 18.5 Å². The first-order valence-electron chi connectivity index (χ1n) is 27.6. The van der Waals surface area contributed by atoms with E-state index < -0.39 is 12.1 Å². The summed E-state index contributed by atoms with van der Waals surface area (Å²) in [6.45, 7) is 4.88. The van der Waals surface area contributed by atoms with Crippen molar-refractivity contribution in [2.45, 2.75) is 309 Å². The summed E-state index contributed by atoms with van der Waals surface area (Å²) in [6.07, 6.45) is 61.9. The third-order valence-corrected chi connectivity index (χ3v) is 12.7.